The summed E-state index contributed by atoms with van der Waals surface area (Å²) in [6.45, 7) is 0.426. The lowest BCUT2D eigenvalue weighted by Crippen LogP contribution is -2.11. The second kappa shape index (κ2) is 5.80. The van der Waals surface area contributed by atoms with E-state index in [2.05, 4.69) is 21.3 Å². The standard InChI is InChI=1S/C9H12N4O2/c1-3-4-15-9-5-7(13-10)11-8(12-9)6-14-2/h1,5H,4,6,10H2,2H3,(H,11,12,13). The summed E-state index contributed by atoms with van der Waals surface area (Å²) >= 11 is 0. The second-order valence-corrected chi connectivity index (χ2v) is 2.58. The van der Waals surface area contributed by atoms with E-state index >= 15 is 0 Å². The largest absolute Gasteiger partial charge is 0.464 e. The van der Waals surface area contributed by atoms with Gasteiger partial charge in [0.15, 0.2) is 12.4 Å². The number of terminal acetylenes is 1. The Morgan fingerprint density at radius 3 is 3.00 bits per heavy atom. The molecule has 0 fully saturated rings. The van der Waals surface area contributed by atoms with Crippen molar-refractivity contribution < 1.29 is 9.47 Å². The SMILES string of the molecule is C#CCOc1cc(NN)nc(COC)n1. The number of rotatable bonds is 5. The van der Waals surface area contributed by atoms with E-state index < -0.39 is 0 Å². The highest BCUT2D eigenvalue weighted by Crippen LogP contribution is 2.12. The van der Waals surface area contributed by atoms with Crippen LogP contribution in [0.2, 0.25) is 0 Å². The van der Waals surface area contributed by atoms with Crippen molar-refractivity contribution >= 4 is 5.82 Å². The summed E-state index contributed by atoms with van der Waals surface area (Å²) in [7, 11) is 1.55. The molecule has 0 saturated carbocycles. The molecule has 1 heterocycles. The molecule has 0 aliphatic rings. The van der Waals surface area contributed by atoms with Crippen molar-refractivity contribution in [2.75, 3.05) is 19.1 Å². The summed E-state index contributed by atoms with van der Waals surface area (Å²) < 4.78 is 10.0. The third kappa shape index (κ3) is 3.42. The van der Waals surface area contributed by atoms with Gasteiger partial charge in [0, 0.05) is 13.2 Å². The average molecular weight is 208 g/mol. The average Bonchev–Trinajstić information content (AvgIpc) is 2.26. The van der Waals surface area contributed by atoms with Gasteiger partial charge in [-0.1, -0.05) is 5.92 Å². The lowest BCUT2D eigenvalue weighted by Gasteiger charge is -2.06. The molecular weight excluding hydrogens is 196 g/mol. The van der Waals surface area contributed by atoms with Crippen LogP contribution in [0, 0.1) is 12.3 Å². The Balaban J connectivity index is 2.85. The molecule has 80 valence electrons. The Morgan fingerprint density at radius 2 is 2.40 bits per heavy atom. The smallest absolute Gasteiger partial charge is 0.219 e. The lowest BCUT2D eigenvalue weighted by atomic mass is 10.5. The van der Waals surface area contributed by atoms with Crippen LogP contribution in [-0.4, -0.2) is 23.7 Å². The number of nitrogens with one attached hydrogen (secondary N) is 1. The minimum Gasteiger partial charge on any atom is -0.464 e. The molecule has 0 spiro atoms. The number of anilines is 1. The van der Waals surface area contributed by atoms with Gasteiger partial charge in [-0.2, -0.15) is 4.98 Å². The van der Waals surface area contributed by atoms with Crippen LogP contribution >= 0.6 is 0 Å². The van der Waals surface area contributed by atoms with Crippen molar-refractivity contribution in [2.45, 2.75) is 6.61 Å². The summed E-state index contributed by atoms with van der Waals surface area (Å²) in [5.41, 5.74) is 2.40. The fourth-order valence-corrected chi connectivity index (χ4v) is 0.930. The van der Waals surface area contributed by atoms with E-state index in [-0.39, 0.29) is 13.2 Å². The van der Waals surface area contributed by atoms with Crippen LogP contribution < -0.4 is 16.0 Å². The van der Waals surface area contributed by atoms with Crippen molar-refractivity contribution in [3.8, 4) is 18.2 Å². The predicted octanol–water partition coefficient (Wildman–Crippen LogP) is -0.0794. The molecular formula is C9H12N4O2. The topological polar surface area (TPSA) is 82.3 Å². The summed E-state index contributed by atoms with van der Waals surface area (Å²) in [6, 6.07) is 1.55. The summed E-state index contributed by atoms with van der Waals surface area (Å²) in [4.78, 5) is 8.10. The van der Waals surface area contributed by atoms with Crippen molar-refractivity contribution in [1.29, 1.82) is 0 Å². The Morgan fingerprint density at radius 1 is 1.60 bits per heavy atom. The molecule has 15 heavy (non-hydrogen) atoms. The molecule has 0 atom stereocenters. The molecule has 6 nitrogen and oxygen atoms in total. The minimum absolute atomic E-state index is 0.146. The van der Waals surface area contributed by atoms with Crippen LogP contribution in [0.5, 0.6) is 5.88 Å². The fourth-order valence-electron chi connectivity index (χ4n) is 0.930. The first-order valence-electron chi connectivity index (χ1n) is 4.20. The molecule has 0 radical (unpaired) electrons. The number of ether oxygens (including phenoxy) is 2. The molecule has 1 aromatic heterocycles. The van der Waals surface area contributed by atoms with Crippen molar-refractivity contribution in [1.82, 2.24) is 9.97 Å². The van der Waals surface area contributed by atoms with Gasteiger partial charge in [0.2, 0.25) is 5.88 Å². The molecule has 1 aromatic rings. The van der Waals surface area contributed by atoms with Crippen molar-refractivity contribution in [3.05, 3.63) is 11.9 Å². The van der Waals surface area contributed by atoms with Gasteiger partial charge in [0.25, 0.3) is 0 Å². The second-order valence-electron chi connectivity index (χ2n) is 2.58. The Kier molecular flexibility index (Phi) is 4.34. The van der Waals surface area contributed by atoms with Gasteiger partial charge in [-0.3, -0.25) is 0 Å². The van der Waals surface area contributed by atoms with Crippen LogP contribution in [0.15, 0.2) is 6.07 Å². The molecule has 0 saturated heterocycles. The highest BCUT2D eigenvalue weighted by atomic mass is 16.5. The number of nitrogen functional groups attached to an aromatic ring is 1. The molecule has 1 rings (SSSR count). The number of hydrazine groups is 1. The summed E-state index contributed by atoms with van der Waals surface area (Å²) in [5.74, 6) is 8.86. The molecule has 3 N–H and O–H groups in total. The van der Waals surface area contributed by atoms with Crippen LogP contribution in [0.1, 0.15) is 5.82 Å². The Hall–Kier alpha value is -1.84. The van der Waals surface area contributed by atoms with Gasteiger partial charge in [-0.15, -0.1) is 6.42 Å². The normalized spacial score (nSPS) is 9.40. The molecule has 0 unspecified atom stereocenters. The molecule has 0 aromatic carbocycles. The van der Waals surface area contributed by atoms with Crippen LogP contribution in [-0.2, 0) is 11.3 Å². The number of nitrogens with zero attached hydrogens (tertiary/aromatic N) is 2. The van der Waals surface area contributed by atoms with Crippen LogP contribution in [0.25, 0.3) is 0 Å². The molecule has 6 heteroatoms. The molecule has 0 bridgehead atoms. The number of methoxy groups -OCH3 is 1. The molecule has 0 aliphatic heterocycles. The first-order valence-corrected chi connectivity index (χ1v) is 4.20. The number of nitrogens with two attached hydrogens (primary N) is 1. The van der Waals surface area contributed by atoms with E-state index in [1.807, 2.05) is 0 Å². The van der Waals surface area contributed by atoms with Gasteiger partial charge in [0.05, 0.1) is 0 Å². The third-order valence-corrected chi connectivity index (χ3v) is 1.47. The monoisotopic (exact) mass is 208 g/mol. The van der Waals surface area contributed by atoms with Crippen molar-refractivity contribution in [2.24, 2.45) is 5.84 Å². The van der Waals surface area contributed by atoms with E-state index in [0.29, 0.717) is 17.5 Å². The maximum absolute atomic E-state index is 5.24. The van der Waals surface area contributed by atoms with E-state index in [9.17, 15) is 0 Å². The van der Waals surface area contributed by atoms with Gasteiger partial charge in [-0.25, -0.2) is 10.8 Å². The zero-order chi connectivity index (χ0) is 11.1. The minimum atomic E-state index is 0.146. The first-order chi connectivity index (χ1) is 7.30. The van der Waals surface area contributed by atoms with E-state index in [4.69, 9.17) is 21.7 Å². The zero-order valence-corrected chi connectivity index (χ0v) is 8.36. The molecule has 0 amide bonds. The van der Waals surface area contributed by atoms with Gasteiger partial charge in [0.1, 0.15) is 12.4 Å². The maximum Gasteiger partial charge on any atom is 0.219 e. The van der Waals surface area contributed by atoms with Crippen molar-refractivity contribution in [3.63, 3.8) is 0 Å². The first kappa shape index (κ1) is 11.2. The molecule has 0 aliphatic carbocycles. The van der Waals surface area contributed by atoms with Gasteiger partial charge < -0.3 is 14.9 Å². The zero-order valence-electron chi connectivity index (χ0n) is 8.36. The van der Waals surface area contributed by atoms with E-state index in [1.165, 1.54) is 0 Å². The maximum atomic E-state index is 5.24. The fraction of sp³-hybridized carbons (Fsp3) is 0.333. The summed E-state index contributed by atoms with van der Waals surface area (Å²) in [5, 5.41) is 0. The predicted molar refractivity (Wildman–Crippen MR) is 54.9 cm³/mol. The Bertz CT molecular complexity index is 362. The van der Waals surface area contributed by atoms with Crippen LogP contribution in [0.4, 0.5) is 5.82 Å². The lowest BCUT2D eigenvalue weighted by molar-refractivity contribution is 0.176. The van der Waals surface area contributed by atoms with Gasteiger partial charge >= 0.3 is 0 Å². The summed E-state index contributed by atoms with van der Waals surface area (Å²) in [6.07, 6.45) is 5.06. The van der Waals surface area contributed by atoms with E-state index in [1.54, 1.807) is 13.2 Å². The third-order valence-electron chi connectivity index (χ3n) is 1.47. The van der Waals surface area contributed by atoms with Crippen LogP contribution in [0.3, 0.4) is 0 Å². The number of aromatic nitrogens is 2. The van der Waals surface area contributed by atoms with E-state index in [0.717, 1.165) is 0 Å². The number of hydrogen-bond acceptors (Lipinski definition) is 6. The quantitative estimate of drug-likeness (QED) is 0.400. The highest BCUT2D eigenvalue weighted by molar-refractivity contribution is 5.36. The highest BCUT2D eigenvalue weighted by Gasteiger charge is 2.04. The Labute approximate surface area is 87.8 Å². The number of hydrogen-bond donors (Lipinski definition) is 2. The van der Waals surface area contributed by atoms with Gasteiger partial charge in [-0.05, 0) is 0 Å².